The zero-order chi connectivity index (χ0) is 19.2. The van der Waals surface area contributed by atoms with Crippen molar-refractivity contribution in [1.82, 2.24) is 5.32 Å². The lowest BCUT2D eigenvalue weighted by atomic mass is 10.3. The number of amides is 2. The molecule has 0 radical (unpaired) electrons. The lowest BCUT2D eigenvalue weighted by Gasteiger charge is -2.20. The average Bonchev–Trinajstić information content (AvgIpc) is 3.05. The predicted octanol–water partition coefficient (Wildman–Crippen LogP) is 0.685. The van der Waals surface area contributed by atoms with Crippen LogP contribution in [0.15, 0.2) is 65.1 Å². The highest BCUT2D eigenvalue weighted by atomic mass is 16.5. The number of phenols is 1. The number of carbonyl (C=O) groups excluding carboxylic acids is 1. The molecule has 3 rings (SSSR count). The number of hydrogen-bond acceptors (Lipinski definition) is 6. The van der Waals surface area contributed by atoms with Gasteiger partial charge in [0.2, 0.25) is 0 Å². The number of nitrogens with zero attached hydrogens (tertiary/aromatic N) is 2. The largest absolute Gasteiger partial charge is 0.504 e. The zero-order valence-electron chi connectivity index (χ0n) is 14.4. The van der Waals surface area contributed by atoms with E-state index in [0.717, 1.165) is 0 Å². The molecule has 2 unspecified atom stereocenters. The molecule has 0 bridgehead atoms. The van der Waals surface area contributed by atoms with Gasteiger partial charge in [-0.2, -0.15) is 9.98 Å². The Kier molecular flexibility index (Phi) is 5.80. The molecular formula is C19H19N3O5. The van der Waals surface area contributed by atoms with Crippen LogP contribution in [-0.2, 0) is 0 Å². The van der Waals surface area contributed by atoms with E-state index in [0.29, 0.717) is 22.2 Å². The Bertz CT molecular complexity index is 960. The highest BCUT2D eigenvalue weighted by Crippen LogP contribution is 2.25. The van der Waals surface area contributed by atoms with Crippen molar-refractivity contribution in [2.24, 2.45) is 9.98 Å². The molecule has 2 aromatic rings. The minimum atomic E-state index is -0.856. The third-order valence-corrected chi connectivity index (χ3v) is 3.72. The Morgan fingerprint density at radius 3 is 2.70 bits per heavy atom. The molecule has 2 aromatic carbocycles. The number of carbonyl (C=O) groups is 1. The van der Waals surface area contributed by atoms with Crippen LogP contribution in [0.5, 0.6) is 17.2 Å². The average molecular weight is 369 g/mol. The van der Waals surface area contributed by atoms with Gasteiger partial charge in [0.1, 0.15) is 23.8 Å². The fourth-order valence-electron chi connectivity index (χ4n) is 2.42. The van der Waals surface area contributed by atoms with Gasteiger partial charge in [0.05, 0.1) is 5.36 Å². The van der Waals surface area contributed by atoms with Crippen molar-refractivity contribution in [3.8, 4) is 17.2 Å². The second-order valence-electron chi connectivity index (χ2n) is 5.75. The number of para-hydroxylation sites is 3. The number of aromatic hydroxyl groups is 1. The first-order valence-electron chi connectivity index (χ1n) is 8.28. The highest BCUT2D eigenvalue weighted by molar-refractivity contribution is 5.77. The molecule has 140 valence electrons. The van der Waals surface area contributed by atoms with Crippen molar-refractivity contribution >= 4 is 6.03 Å². The third kappa shape index (κ3) is 4.69. The summed E-state index contributed by atoms with van der Waals surface area (Å²) in [4.78, 5) is 18.8. The molecule has 0 aromatic heterocycles. The normalized spacial score (nSPS) is 14.5. The number of phenolic OH excluding ortho intramolecular Hbond substituents is 1. The maximum Gasteiger partial charge on any atom is 0.368 e. The number of fused-ring (bicyclic) bond motifs is 1. The summed E-state index contributed by atoms with van der Waals surface area (Å²) in [5.74, 6) is 0.694. The molecule has 0 aliphatic carbocycles. The smallest absolute Gasteiger partial charge is 0.368 e. The summed E-state index contributed by atoms with van der Waals surface area (Å²) in [6, 6.07) is 11.0. The molecular weight excluding hydrogens is 350 g/mol. The van der Waals surface area contributed by atoms with E-state index in [-0.39, 0.29) is 18.9 Å². The zero-order valence-corrected chi connectivity index (χ0v) is 14.4. The number of ether oxygens (including phenoxy) is 2. The first kappa shape index (κ1) is 18.6. The van der Waals surface area contributed by atoms with E-state index in [2.05, 4.69) is 21.9 Å². The predicted molar refractivity (Wildman–Crippen MR) is 96.4 cm³/mol. The molecule has 27 heavy (non-hydrogen) atoms. The molecule has 3 N–H and O–H groups in total. The van der Waals surface area contributed by atoms with Gasteiger partial charge in [-0.15, -0.1) is 0 Å². The molecule has 0 saturated heterocycles. The summed E-state index contributed by atoms with van der Waals surface area (Å²) in [7, 11) is 0. The molecule has 0 saturated carbocycles. The van der Waals surface area contributed by atoms with Crippen LogP contribution in [-0.4, -0.2) is 41.7 Å². The molecule has 0 fully saturated rings. The van der Waals surface area contributed by atoms with Gasteiger partial charge in [0, 0.05) is 6.54 Å². The Morgan fingerprint density at radius 1 is 1.15 bits per heavy atom. The van der Waals surface area contributed by atoms with Crippen LogP contribution < -0.4 is 25.5 Å². The first-order valence-corrected chi connectivity index (χ1v) is 8.28. The first-order chi connectivity index (χ1) is 13.1. The number of rotatable bonds is 9. The van der Waals surface area contributed by atoms with Gasteiger partial charge in [-0.05, 0) is 30.3 Å². The quantitative estimate of drug-likeness (QED) is 0.443. The molecule has 8 nitrogen and oxygen atoms in total. The Morgan fingerprint density at radius 2 is 1.93 bits per heavy atom. The number of urea groups is 1. The molecule has 1 heterocycles. The van der Waals surface area contributed by atoms with Crippen molar-refractivity contribution in [1.29, 1.82) is 0 Å². The molecule has 2 atom stereocenters. The van der Waals surface area contributed by atoms with Gasteiger partial charge in [-0.3, -0.25) is 5.32 Å². The number of aliphatic hydroxyl groups is 1. The lowest BCUT2D eigenvalue weighted by Crippen LogP contribution is -2.40. The third-order valence-electron chi connectivity index (χ3n) is 3.72. The van der Waals surface area contributed by atoms with Gasteiger partial charge in [-0.25, -0.2) is 4.79 Å². The van der Waals surface area contributed by atoms with E-state index in [1.165, 1.54) is 12.1 Å². The number of benzene rings is 2. The summed E-state index contributed by atoms with van der Waals surface area (Å²) in [6.45, 7) is 3.80. The maximum absolute atomic E-state index is 11.3. The van der Waals surface area contributed by atoms with Crippen LogP contribution in [0.2, 0.25) is 0 Å². The number of hydrogen-bond donors (Lipinski definition) is 3. The van der Waals surface area contributed by atoms with Crippen LogP contribution in [0, 0.1) is 0 Å². The molecule has 1 aliphatic heterocycles. The van der Waals surface area contributed by atoms with E-state index < -0.39 is 18.4 Å². The number of aliphatic hydroxyl groups excluding tert-OH is 1. The Balaban J connectivity index is 1.52. The van der Waals surface area contributed by atoms with E-state index in [4.69, 9.17) is 9.47 Å². The van der Waals surface area contributed by atoms with Crippen molar-refractivity contribution in [3.05, 3.63) is 65.8 Å². The highest BCUT2D eigenvalue weighted by Gasteiger charge is 2.14. The molecule has 1 aliphatic rings. The number of nitrogens with one attached hydrogen (secondary N) is 1. The van der Waals surface area contributed by atoms with Crippen LogP contribution in [0.1, 0.15) is 0 Å². The molecule has 2 amide bonds. The van der Waals surface area contributed by atoms with Gasteiger partial charge in [0.15, 0.2) is 17.7 Å². The summed E-state index contributed by atoms with van der Waals surface area (Å²) in [5, 5.41) is 23.7. The van der Waals surface area contributed by atoms with Crippen molar-refractivity contribution in [3.63, 3.8) is 0 Å². The van der Waals surface area contributed by atoms with Crippen LogP contribution in [0.25, 0.3) is 0 Å². The minimum Gasteiger partial charge on any atom is -0.504 e. The van der Waals surface area contributed by atoms with E-state index >= 15 is 0 Å². The Labute approximate surface area is 155 Å². The van der Waals surface area contributed by atoms with E-state index in [1.807, 2.05) is 0 Å². The van der Waals surface area contributed by atoms with E-state index in [1.54, 1.807) is 36.4 Å². The molecule has 0 spiro atoms. The summed E-state index contributed by atoms with van der Waals surface area (Å²) >= 11 is 0. The van der Waals surface area contributed by atoms with Crippen LogP contribution in [0.4, 0.5) is 4.79 Å². The van der Waals surface area contributed by atoms with Crippen LogP contribution in [0.3, 0.4) is 0 Å². The second kappa shape index (κ2) is 8.43. The van der Waals surface area contributed by atoms with Crippen LogP contribution >= 0.6 is 0 Å². The standard InChI is InChI=1S/C19H19N3O5/c1-2-17(27-15-8-4-3-7-14(15)24)20-10-12(23)11-26-16-9-5-6-13-18(16)22-19(25)21-13/h2-9,12,17,20,23-24H,1,10-11H2. The second-order valence-corrected chi connectivity index (χ2v) is 5.75. The van der Waals surface area contributed by atoms with Gasteiger partial charge < -0.3 is 19.7 Å². The van der Waals surface area contributed by atoms with Gasteiger partial charge in [-0.1, -0.05) is 24.8 Å². The summed E-state index contributed by atoms with van der Waals surface area (Å²) in [5.41, 5.74) is 0. The summed E-state index contributed by atoms with van der Waals surface area (Å²) in [6.07, 6.45) is 0.0430. The monoisotopic (exact) mass is 369 g/mol. The van der Waals surface area contributed by atoms with Crippen molar-refractivity contribution in [2.75, 3.05) is 13.2 Å². The maximum atomic E-state index is 11.3. The lowest BCUT2D eigenvalue weighted by molar-refractivity contribution is 0.0907. The van der Waals surface area contributed by atoms with E-state index in [9.17, 15) is 15.0 Å². The van der Waals surface area contributed by atoms with Gasteiger partial charge >= 0.3 is 6.03 Å². The van der Waals surface area contributed by atoms with Crippen molar-refractivity contribution < 1.29 is 24.5 Å². The Hall–Kier alpha value is -3.23. The molecule has 8 heteroatoms. The topological polar surface area (TPSA) is 113 Å². The fourth-order valence-corrected chi connectivity index (χ4v) is 2.42. The van der Waals surface area contributed by atoms with Crippen molar-refractivity contribution in [2.45, 2.75) is 12.3 Å². The van der Waals surface area contributed by atoms with Gasteiger partial charge in [0.25, 0.3) is 0 Å². The minimum absolute atomic E-state index is 0.0108. The SMILES string of the molecule is C=CC(NCC(O)COc1cccc2c1=NC(=O)N=2)Oc1ccccc1O. The summed E-state index contributed by atoms with van der Waals surface area (Å²) < 4.78 is 11.1. The fraction of sp³-hybridized carbons (Fsp3) is 0.211.